The van der Waals surface area contributed by atoms with Gasteiger partial charge in [0.1, 0.15) is 0 Å². The Bertz CT molecular complexity index is 649. The summed E-state index contributed by atoms with van der Waals surface area (Å²) in [5.74, 6) is 0. The molecule has 1 aromatic carbocycles. The number of nitrogens with zero attached hydrogens (tertiary/aromatic N) is 2. The normalized spacial score (nSPS) is 12.7. The van der Waals surface area contributed by atoms with E-state index in [2.05, 4.69) is 32.8 Å². The maximum atomic E-state index is 4.50. The molecule has 3 nitrogen and oxygen atoms in total. The first kappa shape index (κ1) is 11.3. The molecule has 3 aromatic rings. The fraction of sp³-hybridized carbons (Fsp3) is 0.143. The number of thiazole rings is 1. The van der Waals surface area contributed by atoms with Crippen molar-refractivity contribution in [2.24, 2.45) is 0 Å². The fourth-order valence-electron chi connectivity index (χ4n) is 2.10. The lowest BCUT2D eigenvalue weighted by Crippen LogP contribution is -2.18. The van der Waals surface area contributed by atoms with E-state index < -0.39 is 0 Å². The fourth-order valence-corrected chi connectivity index (χ4v) is 2.68. The summed E-state index contributed by atoms with van der Waals surface area (Å²) in [7, 11) is 1.94. The van der Waals surface area contributed by atoms with E-state index in [4.69, 9.17) is 0 Å². The molecule has 0 aliphatic rings. The van der Waals surface area contributed by atoms with Crippen LogP contribution in [0.5, 0.6) is 0 Å². The Balaban J connectivity index is 2.07. The van der Waals surface area contributed by atoms with E-state index in [0.29, 0.717) is 0 Å². The summed E-state index contributed by atoms with van der Waals surface area (Å²) in [4.78, 5) is 8.87. The zero-order valence-electron chi connectivity index (χ0n) is 10.00. The van der Waals surface area contributed by atoms with Gasteiger partial charge in [0, 0.05) is 17.0 Å². The van der Waals surface area contributed by atoms with E-state index in [1.165, 1.54) is 0 Å². The predicted molar refractivity (Wildman–Crippen MR) is 74.8 cm³/mol. The van der Waals surface area contributed by atoms with E-state index in [0.717, 1.165) is 22.2 Å². The van der Waals surface area contributed by atoms with Gasteiger partial charge in [0.25, 0.3) is 0 Å². The van der Waals surface area contributed by atoms with Crippen LogP contribution in [-0.4, -0.2) is 17.0 Å². The third kappa shape index (κ3) is 2.00. The van der Waals surface area contributed by atoms with E-state index in [9.17, 15) is 0 Å². The molecule has 2 aromatic heterocycles. The Morgan fingerprint density at radius 1 is 1.22 bits per heavy atom. The summed E-state index contributed by atoms with van der Waals surface area (Å²) in [6, 6.07) is 10.4. The maximum absolute atomic E-state index is 4.50. The van der Waals surface area contributed by atoms with Gasteiger partial charge >= 0.3 is 0 Å². The Hall–Kier alpha value is -1.78. The lowest BCUT2D eigenvalue weighted by molar-refractivity contribution is 0.674. The van der Waals surface area contributed by atoms with Gasteiger partial charge < -0.3 is 5.32 Å². The van der Waals surface area contributed by atoms with E-state index in [-0.39, 0.29) is 6.04 Å². The van der Waals surface area contributed by atoms with Gasteiger partial charge in [-0.05, 0) is 24.7 Å². The second-order valence-corrected chi connectivity index (χ2v) is 4.82. The molecule has 0 saturated heterocycles. The first-order chi connectivity index (χ1) is 8.88. The number of para-hydroxylation sites is 1. The summed E-state index contributed by atoms with van der Waals surface area (Å²) >= 11 is 1.61. The molecule has 90 valence electrons. The van der Waals surface area contributed by atoms with Gasteiger partial charge in [0.15, 0.2) is 0 Å². The molecular formula is C14H13N3S. The van der Waals surface area contributed by atoms with Gasteiger partial charge in [-0.3, -0.25) is 4.98 Å². The van der Waals surface area contributed by atoms with Crippen LogP contribution in [0.15, 0.2) is 47.4 Å². The number of rotatable bonds is 3. The molecule has 0 amide bonds. The summed E-state index contributed by atoms with van der Waals surface area (Å²) in [5.41, 5.74) is 5.06. The first-order valence-electron chi connectivity index (χ1n) is 5.78. The minimum absolute atomic E-state index is 0.105. The van der Waals surface area contributed by atoms with Crippen molar-refractivity contribution in [1.82, 2.24) is 15.3 Å². The molecule has 2 heterocycles. The van der Waals surface area contributed by atoms with Gasteiger partial charge in [-0.2, -0.15) is 0 Å². The van der Waals surface area contributed by atoms with Crippen LogP contribution in [0.1, 0.15) is 17.3 Å². The number of aromatic nitrogens is 2. The second-order valence-electron chi connectivity index (χ2n) is 4.10. The lowest BCUT2D eigenvalue weighted by atomic mass is 10.0. The number of pyridine rings is 1. The smallest absolute Gasteiger partial charge is 0.0795 e. The molecule has 0 spiro atoms. The molecule has 0 saturated carbocycles. The third-order valence-corrected chi connectivity index (χ3v) is 3.59. The zero-order chi connectivity index (χ0) is 12.4. The van der Waals surface area contributed by atoms with E-state index in [1.54, 1.807) is 11.3 Å². The standard InChI is InChI=1S/C14H13N3S/c1-15-14(13-8-18-9-17-13)11-6-10-4-2-3-5-12(10)16-7-11/h2-9,14-15H,1H3. The van der Waals surface area contributed by atoms with Gasteiger partial charge in [0.2, 0.25) is 0 Å². The van der Waals surface area contributed by atoms with Crippen molar-refractivity contribution in [3.05, 3.63) is 58.7 Å². The molecule has 0 fully saturated rings. The van der Waals surface area contributed by atoms with Crippen LogP contribution in [-0.2, 0) is 0 Å². The molecule has 18 heavy (non-hydrogen) atoms. The van der Waals surface area contributed by atoms with Crippen molar-refractivity contribution < 1.29 is 0 Å². The van der Waals surface area contributed by atoms with Crippen LogP contribution in [0.2, 0.25) is 0 Å². The Labute approximate surface area is 110 Å². The van der Waals surface area contributed by atoms with Crippen LogP contribution in [0.3, 0.4) is 0 Å². The van der Waals surface area contributed by atoms with Crippen molar-refractivity contribution in [3.63, 3.8) is 0 Å². The van der Waals surface area contributed by atoms with Crippen LogP contribution >= 0.6 is 11.3 Å². The highest BCUT2D eigenvalue weighted by Crippen LogP contribution is 2.23. The van der Waals surface area contributed by atoms with Crippen LogP contribution in [0.4, 0.5) is 0 Å². The largest absolute Gasteiger partial charge is 0.308 e. The number of hydrogen-bond acceptors (Lipinski definition) is 4. The van der Waals surface area contributed by atoms with Gasteiger partial charge in [-0.15, -0.1) is 11.3 Å². The maximum Gasteiger partial charge on any atom is 0.0795 e. The van der Waals surface area contributed by atoms with Gasteiger partial charge in [-0.1, -0.05) is 18.2 Å². The van der Waals surface area contributed by atoms with Crippen molar-refractivity contribution >= 4 is 22.2 Å². The molecule has 4 heteroatoms. The minimum Gasteiger partial charge on any atom is -0.308 e. The Morgan fingerprint density at radius 3 is 2.89 bits per heavy atom. The molecule has 3 rings (SSSR count). The average Bonchev–Trinajstić information content (AvgIpc) is 2.93. The van der Waals surface area contributed by atoms with E-state index >= 15 is 0 Å². The molecule has 0 aliphatic heterocycles. The highest BCUT2D eigenvalue weighted by molar-refractivity contribution is 7.07. The average molecular weight is 255 g/mol. The van der Waals surface area contributed by atoms with Crippen molar-refractivity contribution in [1.29, 1.82) is 0 Å². The molecule has 1 unspecified atom stereocenters. The molecule has 0 bridgehead atoms. The number of nitrogens with one attached hydrogen (secondary N) is 1. The summed E-state index contributed by atoms with van der Waals surface area (Å²) in [5, 5.41) is 6.51. The van der Waals surface area contributed by atoms with Gasteiger partial charge in [-0.25, -0.2) is 4.98 Å². The molecule has 1 N–H and O–H groups in total. The monoisotopic (exact) mass is 255 g/mol. The highest BCUT2D eigenvalue weighted by atomic mass is 32.1. The van der Waals surface area contributed by atoms with Crippen LogP contribution < -0.4 is 5.32 Å². The summed E-state index contributed by atoms with van der Waals surface area (Å²) in [6.07, 6.45) is 1.92. The van der Waals surface area contributed by atoms with Gasteiger partial charge in [0.05, 0.1) is 22.8 Å². The van der Waals surface area contributed by atoms with Crippen LogP contribution in [0, 0.1) is 0 Å². The quantitative estimate of drug-likeness (QED) is 0.781. The Morgan fingerprint density at radius 2 is 2.11 bits per heavy atom. The lowest BCUT2D eigenvalue weighted by Gasteiger charge is -2.14. The van der Waals surface area contributed by atoms with E-state index in [1.807, 2.05) is 37.0 Å². The van der Waals surface area contributed by atoms with Crippen molar-refractivity contribution in [2.75, 3.05) is 7.05 Å². The highest BCUT2D eigenvalue weighted by Gasteiger charge is 2.14. The first-order valence-corrected chi connectivity index (χ1v) is 6.73. The summed E-state index contributed by atoms with van der Waals surface area (Å²) in [6.45, 7) is 0. The number of benzene rings is 1. The molecule has 1 atom stereocenters. The third-order valence-electron chi connectivity index (χ3n) is 2.98. The van der Waals surface area contributed by atoms with Crippen molar-refractivity contribution in [3.8, 4) is 0 Å². The number of fused-ring (bicyclic) bond motifs is 1. The molecule has 0 aliphatic carbocycles. The Kier molecular flexibility index (Phi) is 3.04. The molecular weight excluding hydrogens is 242 g/mol. The van der Waals surface area contributed by atoms with Crippen LogP contribution in [0.25, 0.3) is 10.9 Å². The SMILES string of the molecule is CNC(c1cnc2ccccc2c1)c1cscn1. The zero-order valence-corrected chi connectivity index (χ0v) is 10.8. The predicted octanol–water partition coefficient (Wildman–Crippen LogP) is 3.00. The minimum atomic E-state index is 0.105. The van der Waals surface area contributed by atoms with Crippen molar-refractivity contribution in [2.45, 2.75) is 6.04 Å². The second kappa shape index (κ2) is 4.84. The topological polar surface area (TPSA) is 37.8 Å². The number of hydrogen-bond donors (Lipinski definition) is 1. The molecule has 0 radical (unpaired) electrons. The summed E-state index contributed by atoms with van der Waals surface area (Å²) < 4.78 is 0.